The lowest BCUT2D eigenvalue weighted by atomic mass is 10.1. The van der Waals surface area contributed by atoms with Gasteiger partial charge < -0.3 is 9.30 Å². The fourth-order valence-corrected chi connectivity index (χ4v) is 4.24. The molecular weight excluding hydrogens is 459 g/mol. The van der Waals surface area contributed by atoms with Crippen molar-refractivity contribution in [2.75, 3.05) is 26.3 Å². The molecule has 2 heterocycles. The first kappa shape index (κ1) is 23.5. The van der Waals surface area contributed by atoms with Gasteiger partial charge in [-0.2, -0.15) is 5.10 Å². The van der Waals surface area contributed by atoms with Gasteiger partial charge in [0.2, 0.25) is 0 Å². The Morgan fingerprint density at radius 2 is 1.79 bits per heavy atom. The summed E-state index contributed by atoms with van der Waals surface area (Å²) in [4.78, 5) is 14.8. The van der Waals surface area contributed by atoms with E-state index in [1.54, 1.807) is 12.3 Å². The third-order valence-corrected chi connectivity index (χ3v) is 6.47. The van der Waals surface area contributed by atoms with E-state index in [-0.39, 0.29) is 5.91 Å². The fraction of sp³-hybridized carbons (Fsp3) is 0.280. The monoisotopic (exact) mass is 484 g/mol. The van der Waals surface area contributed by atoms with Crippen LogP contribution in [0.2, 0.25) is 10.0 Å². The number of rotatable bonds is 6. The number of hydrazone groups is 1. The van der Waals surface area contributed by atoms with Crippen molar-refractivity contribution in [1.29, 1.82) is 0 Å². The molecule has 8 heteroatoms. The molecule has 0 spiro atoms. The number of ether oxygens (including phenoxy) is 1. The average Bonchev–Trinajstić information content (AvgIpc) is 3.10. The van der Waals surface area contributed by atoms with Gasteiger partial charge >= 0.3 is 0 Å². The molecule has 1 aliphatic heterocycles. The summed E-state index contributed by atoms with van der Waals surface area (Å²) in [5.41, 5.74) is 8.18. The van der Waals surface area contributed by atoms with Gasteiger partial charge in [0.15, 0.2) is 0 Å². The zero-order valence-corrected chi connectivity index (χ0v) is 20.2. The molecule has 1 aliphatic rings. The van der Waals surface area contributed by atoms with Crippen LogP contribution >= 0.6 is 23.2 Å². The summed E-state index contributed by atoms with van der Waals surface area (Å²) < 4.78 is 7.45. The van der Waals surface area contributed by atoms with E-state index in [9.17, 15) is 4.79 Å². The summed E-state index contributed by atoms with van der Waals surface area (Å²) in [7, 11) is 0. The third-order valence-electron chi connectivity index (χ3n) is 5.73. The summed E-state index contributed by atoms with van der Waals surface area (Å²) in [6, 6.07) is 15.2. The molecule has 172 valence electrons. The Labute approximate surface area is 203 Å². The van der Waals surface area contributed by atoms with Crippen LogP contribution in [0, 0.1) is 13.8 Å². The Morgan fingerprint density at radius 3 is 2.48 bits per heavy atom. The van der Waals surface area contributed by atoms with Gasteiger partial charge in [-0.3, -0.25) is 9.69 Å². The van der Waals surface area contributed by atoms with Gasteiger partial charge in [-0.1, -0.05) is 35.3 Å². The summed E-state index contributed by atoms with van der Waals surface area (Å²) >= 11 is 12.2. The minimum Gasteiger partial charge on any atom is -0.379 e. The lowest BCUT2D eigenvalue weighted by Gasteiger charge is -2.26. The van der Waals surface area contributed by atoms with Crippen molar-refractivity contribution in [2.45, 2.75) is 20.4 Å². The third kappa shape index (κ3) is 5.65. The minimum atomic E-state index is -0.248. The van der Waals surface area contributed by atoms with Crippen LogP contribution in [-0.2, 0) is 11.3 Å². The van der Waals surface area contributed by atoms with E-state index in [1.807, 2.05) is 56.3 Å². The molecule has 0 bridgehead atoms. The van der Waals surface area contributed by atoms with Crippen molar-refractivity contribution in [3.63, 3.8) is 0 Å². The standard InChI is InChI=1S/C25H26Cl2N4O2/c1-17-13-21(18(2)31(17)22-7-8-23(26)24(27)14-22)15-28-29-25(32)20-5-3-19(4-6-20)16-30-9-11-33-12-10-30/h3-8,13-15H,9-12,16H2,1-2H3,(H,29,32)/b28-15-. The molecule has 0 saturated carbocycles. The molecule has 6 nitrogen and oxygen atoms in total. The number of amides is 1. The van der Waals surface area contributed by atoms with Crippen LogP contribution in [0.5, 0.6) is 0 Å². The fourth-order valence-electron chi connectivity index (χ4n) is 3.94. The van der Waals surface area contributed by atoms with Crippen molar-refractivity contribution in [2.24, 2.45) is 5.10 Å². The van der Waals surface area contributed by atoms with Crippen LogP contribution in [0.1, 0.15) is 32.9 Å². The van der Waals surface area contributed by atoms with Crippen molar-refractivity contribution < 1.29 is 9.53 Å². The second-order valence-corrected chi connectivity index (χ2v) is 8.86. The maximum atomic E-state index is 12.5. The van der Waals surface area contributed by atoms with E-state index in [0.717, 1.165) is 55.5 Å². The van der Waals surface area contributed by atoms with Crippen LogP contribution in [0.3, 0.4) is 0 Å². The topological polar surface area (TPSA) is 58.9 Å². The molecule has 33 heavy (non-hydrogen) atoms. The number of aryl methyl sites for hydroxylation is 1. The van der Waals surface area contributed by atoms with Gasteiger partial charge in [-0.25, -0.2) is 5.43 Å². The normalized spacial score (nSPS) is 14.7. The predicted molar refractivity (Wildman–Crippen MR) is 133 cm³/mol. The SMILES string of the molecule is Cc1cc(/C=N\NC(=O)c2ccc(CN3CCOCC3)cc2)c(C)n1-c1ccc(Cl)c(Cl)c1. The molecule has 1 saturated heterocycles. The molecule has 1 aromatic heterocycles. The number of halogens is 2. The van der Waals surface area contributed by atoms with Gasteiger partial charge in [0.1, 0.15) is 0 Å². The van der Waals surface area contributed by atoms with Crippen molar-refractivity contribution in [3.05, 3.63) is 86.7 Å². The van der Waals surface area contributed by atoms with Crippen molar-refractivity contribution in [3.8, 4) is 5.69 Å². The second kappa shape index (κ2) is 10.5. The maximum absolute atomic E-state index is 12.5. The van der Waals surface area contributed by atoms with Crippen molar-refractivity contribution >= 4 is 35.3 Å². The van der Waals surface area contributed by atoms with Crippen LogP contribution in [0.15, 0.2) is 53.6 Å². The van der Waals surface area contributed by atoms with E-state index >= 15 is 0 Å². The summed E-state index contributed by atoms with van der Waals surface area (Å²) in [5.74, 6) is -0.248. The number of benzene rings is 2. The van der Waals surface area contributed by atoms with Gasteiger partial charge in [-0.05, 0) is 55.8 Å². The number of hydrogen-bond donors (Lipinski definition) is 1. The Morgan fingerprint density at radius 1 is 1.06 bits per heavy atom. The molecule has 1 amide bonds. The van der Waals surface area contributed by atoms with Crippen LogP contribution in [0.25, 0.3) is 5.69 Å². The molecular formula is C25H26Cl2N4O2. The van der Waals surface area contributed by atoms with E-state index in [0.29, 0.717) is 15.6 Å². The Kier molecular flexibility index (Phi) is 7.50. The molecule has 0 unspecified atom stereocenters. The van der Waals surface area contributed by atoms with Crippen LogP contribution in [0.4, 0.5) is 0 Å². The molecule has 1 fully saturated rings. The Bertz CT molecular complexity index is 1170. The molecule has 0 atom stereocenters. The number of nitrogens with one attached hydrogen (secondary N) is 1. The molecule has 1 N–H and O–H groups in total. The number of carbonyl (C=O) groups excluding carboxylic acids is 1. The lowest BCUT2D eigenvalue weighted by molar-refractivity contribution is 0.0342. The van der Waals surface area contributed by atoms with Gasteiger partial charge in [0, 0.05) is 47.8 Å². The highest BCUT2D eigenvalue weighted by Crippen LogP contribution is 2.27. The highest BCUT2D eigenvalue weighted by atomic mass is 35.5. The molecule has 0 aliphatic carbocycles. The zero-order valence-electron chi connectivity index (χ0n) is 18.6. The van der Waals surface area contributed by atoms with E-state index in [1.165, 1.54) is 5.56 Å². The van der Waals surface area contributed by atoms with E-state index in [2.05, 4.69) is 20.0 Å². The van der Waals surface area contributed by atoms with Gasteiger partial charge in [-0.15, -0.1) is 0 Å². The summed E-state index contributed by atoms with van der Waals surface area (Å²) in [6.45, 7) is 8.27. The number of nitrogens with zero attached hydrogens (tertiary/aromatic N) is 3. The predicted octanol–water partition coefficient (Wildman–Crippen LogP) is 5.00. The second-order valence-electron chi connectivity index (χ2n) is 8.04. The van der Waals surface area contributed by atoms with Crippen LogP contribution in [-0.4, -0.2) is 47.9 Å². The number of aromatic nitrogens is 1. The van der Waals surface area contributed by atoms with Gasteiger partial charge in [0.05, 0.1) is 29.5 Å². The highest BCUT2D eigenvalue weighted by Gasteiger charge is 2.13. The highest BCUT2D eigenvalue weighted by molar-refractivity contribution is 6.42. The largest absolute Gasteiger partial charge is 0.379 e. The first-order chi connectivity index (χ1) is 15.9. The first-order valence-corrected chi connectivity index (χ1v) is 11.5. The van der Waals surface area contributed by atoms with E-state index in [4.69, 9.17) is 27.9 Å². The maximum Gasteiger partial charge on any atom is 0.271 e. The summed E-state index contributed by atoms with van der Waals surface area (Å²) in [5, 5.41) is 5.18. The van der Waals surface area contributed by atoms with E-state index < -0.39 is 0 Å². The Hall–Kier alpha value is -2.64. The Balaban J connectivity index is 1.39. The van der Waals surface area contributed by atoms with Gasteiger partial charge in [0.25, 0.3) is 5.91 Å². The van der Waals surface area contributed by atoms with Crippen LogP contribution < -0.4 is 5.43 Å². The molecule has 3 aromatic rings. The zero-order chi connectivity index (χ0) is 23.4. The first-order valence-electron chi connectivity index (χ1n) is 10.8. The van der Waals surface area contributed by atoms with Crippen molar-refractivity contribution in [1.82, 2.24) is 14.9 Å². The average molecular weight is 485 g/mol. The minimum absolute atomic E-state index is 0.248. The lowest BCUT2D eigenvalue weighted by Crippen LogP contribution is -2.35. The number of carbonyl (C=O) groups is 1. The molecule has 4 rings (SSSR count). The quantitative estimate of drug-likeness (QED) is 0.395. The number of morpholine rings is 1. The molecule has 2 aromatic carbocycles. The summed E-state index contributed by atoms with van der Waals surface area (Å²) in [6.07, 6.45) is 1.65. The smallest absolute Gasteiger partial charge is 0.271 e. The number of hydrogen-bond acceptors (Lipinski definition) is 4. The molecule has 0 radical (unpaired) electrons.